The molecule has 0 spiro atoms. The average Bonchev–Trinajstić information content (AvgIpc) is 3.24. The standard InChI is InChI=1S/C20H23N3OS/c1-3-17-13(2)12-18(25-17)20(24)23-10-8-14(9-11-23)19-21-15-6-4-5-7-16(15)22-19/h4-7,12,14H,3,8-11H2,1-2H3,(H,21,22). The van der Waals surface area contributed by atoms with E-state index in [0.29, 0.717) is 5.92 Å². The van der Waals surface area contributed by atoms with Gasteiger partial charge in [-0.1, -0.05) is 19.1 Å². The van der Waals surface area contributed by atoms with E-state index in [1.807, 2.05) is 23.1 Å². The van der Waals surface area contributed by atoms with Crippen molar-refractivity contribution in [3.8, 4) is 0 Å². The highest BCUT2D eigenvalue weighted by Gasteiger charge is 2.27. The number of likely N-dealkylation sites (tertiary alicyclic amines) is 1. The molecule has 1 saturated heterocycles. The highest BCUT2D eigenvalue weighted by molar-refractivity contribution is 7.14. The minimum Gasteiger partial charge on any atom is -0.342 e. The van der Waals surface area contributed by atoms with Gasteiger partial charge in [-0.2, -0.15) is 0 Å². The Morgan fingerprint density at radius 2 is 2.08 bits per heavy atom. The van der Waals surface area contributed by atoms with Gasteiger partial charge in [-0.3, -0.25) is 4.79 Å². The predicted molar refractivity (Wildman–Crippen MR) is 102 cm³/mol. The maximum absolute atomic E-state index is 12.8. The summed E-state index contributed by atoms with van der Waals surface area (Å²) in [5.74, 6) is 1.66. The summed E-state index contributed by atoms with van der Waals surface area (Å²) in [6, 6.07) is 10.2. The lowest BCUT2D eigenvalue weighted by atomic mass is 9.96. The normalized spacial score (nSPS) is 15.8. The first-order valence-electron chi connectivity index (χ1n) is 8.99. The summed E-state index contributed by atoms with van der Waals surface area (Å²) in [5, 5.41) is 0. The van der Waals surface area contributed by atoms with Gasteiger partial charge in [0.15, 0.2) is 0 Å². The number of para-hydroxylation sites is 2. The molecule has 3 aromatic rings. The summed E-state index contributed by atoms with van der Waals surface area (Å²) < 4.78 is 0. The number of hydrogen-bond donors (Lipinski definition) is 1. The lowest BCUT2D eigenvalue weighted by molar-refractivity contribution is 0.0716. The molecule has 130 valence electrons. The number of aromatic nitrogens is 2. The van der Waals surface area contributed by atoms with Crippen LogP contribution in [0.5, 0.6) is 0 Å². The zero-order valence-electron chi connectivity index (χ0n) is 14.7. The SMILES string of the molecule is CCc1sc(C(=O)N2CCC(c3nc4ccccc4[nH]3)CC2)cc1C. The maximum Gasteiger partial charge on any atom is 0.263 e. The molecule has 4 nitrogen and oxygen atoms in total. The van der Waals surface area contributed by atoms with Crippen molar-refractivity contribution in [2.24, 2.45) is 0 Å². The second-order valence-electron chi connectivity index (χ2n) is 6.78. The van der Waals surface area contributed by atoms with Crippen molar-refractivity contribution in [2.75, 3.05) is 13.1 Å². The third-order valence-electron chi connectivity index (χ3n) is 5.13. The second-order valence-corrected chi connectivity index (χ2v) is 7.91. The molecule has 0 aliphatic carbocycles. The molecule has 3 heterocycles. The van der Waals surface area contributed by atoms with Gasteiger partial charge >= 0.3 is 0 Å². The molecule has 0 unspecified atom stereocenters. The highest BCUT2D eigenvalue weighted by atomic mass is 32.1. The summed E-state index contributed by atoms with van der Waals surface area (Å²) in [5.41, 5.74) is 3.36. The van der Waals surface area contributed by atoms with Gasteiger partial charge in [0.05, 0.1) is 15.9 Å². The average molecular weight is 353 g/mol. The Labute approximate surface area is 151 Å². The lowest BCUT2D eigenvalue weighted by Crippen LogP contribution is -2.37. The molecule has 5 heteroatoms. The second kappa shape index (κ2) is 6.64. The molecule has 0 bridgehead atoms. The topological polar surface area (TPSA) is 49.0 Å². The number of aromatic amines is 1. The summed E-state index contributed by atoms with van der Waals surface area (Å²) in [7, 11) is 0. The molecule has 1 aliphatic heterocycles. The Kier molecular flexibility index (Phi) is 4.34. The number of piperidine rings is 1. The van der Waals surface area contributed by atoms with E-state index in [4.69, 9.17) is 4.98 Å². The molecule has 1 N–H and O–H groups in total. The third-order valence-corrected chi connectivity index (χ3v) is 6.50. The number of fused-ring (bicyclic) bond motifs is 1. The van der Waals surface area contributed by atoms with Gasteiger partial charge < -0.3 is 9.88 Å². The number of carbonyl (C=O) groups is 1. The van der Waals surface area contributed by atoms with Crippen LogP contribution in [-0.2, 0) is 6.42 Å². The van der Waals surface area contributed by atoms with Gasteiger partial charge in [-0.15, -0.1) is 11.3 Å². The number of benzene rings is 1. The van der Waals surface area contributed by atoms with E-state index in [9.17, 15) is 4.79 Å². The van der Waals surface area contributed by atoms with E-state index < -0.39 is 0 Å². The number of rotatable bonds is 3. The van der Waals surface area contributed by atoms with Crippen LogP contribution in [0.25, 0.3) is 11.0 Å². The summed E-state index contributed by atoms with van der Waals surface area (Å²) in [6.45, 7) is 5.85. The van der Waals surface area contributed by atoms with Crippen molar-refractivity contribution in [2.45, 2.75) is 39.0 Å². The maximum atomic E-state index is 12.8. The van der Waals surface area contributed by atoms with E-state index in [1.165, 1.54) is 10.4 Å². The quantitative estimate of drug-likeness (QED) is 0.753. The highest BCUT2D eigenvalue weighted by Crippen LogP contribution is 2.30. The van der Waals surface area contributed by atoms with Gasteiger partial charge in [-0.25, -0.2) is 4.98 Å². The number of hydrogen-bond acceptors (Lipinski definition) is 3. The largest absolute Gasteiger partial charge is 0.342 e. The molecule has 1 aliphatic rings. The van der Waals surface area contributed by atoms with Gasteiger partial charge in [-0.05, 0) is 49.9 Å². The van der Waals surface area contributed by atoms with Crippen LogP contribution < -0.4 is 0 Å². The van der Waals surface area contributed by atoms with E-state index in [2.05, 4.69) is 31.0 Å². The Balaban J connectivity index is 1.44. The number of thiophene rings is 1. The molecule has 25 heavy (non-hydrogen) atoms. The Morgan fingerprint density at radius 3 is 2.76 bits per heavy atom. The number of nitrogens with one attached hydrogen (secondary N) is 1. The monoisotopic (exact) mass is 353 g/mol. The summed E-state index contributed by atoms with van der Waals surface area (Å²) in [4.78, 5) is 25.2. The molecule has 0 saturated carbocycles. The van der Waals surface area contributed by atoms with Crippen LogP contribution >= 0.6 is 11.3 Å². The van der Waals surface area contributed by atoms with Gasteiger partial charge in [0, 0.05) is 23.9 Å². The van der Waals surface area contributed by atoms with Crippen molar-refractivity contribution in [1.82, 2.24) is 14.9 Å². The van der Waals surface area contributed by atoms with Crippen molar-refractivity contribution in [1.29, 1.82) is 0 Å². The molecular formula is C20H23N3OS. The fourth-order valence-electron chi connectivity index (χ4n) is 3.65. The van der Waals surface area contributed by atoms with Crippen molar-refractivity contribution in [3.63, 3.8) is 0 Å². The minimum absolute atomic E-state index is 0.191. The van der Waals surface area contributed by atoms with E-state index in [-0.39, 0.29) is 5.91 Å². The Bertz CT molecular complexity index is 870. The first kappa shape index (κ1) is 16.3. The molecule has 2 aromatic heterocycles. The number of nitrogens with zero attached hydrogens (tertiary/aromatic N) is 2. The predicted octanol–water partition coefficient (Wildman–Crippen LogP) is 4.52. The lowest BCUT2D eigenvalue weighted by Gasteiger charge is -2.30. The van der Waals surface area contributed by atoms with Crippen LogP contribution in [0.15, 0.2) is 30.3 Å². The van der Waals surface area contributed by atoms with E-state index >= 15 is 0 Å². The van der Waals surface area contributed by atoms with Gasteiger partial charge in [0.2, 0.25) is 0 Å². The van der Waals surface area contributed by atoms with Gasteiger partial charge in [0.25, 0.3) is 5.91 Å². The molecule has 0 atom stereocenters. The summed E-state index contributed by atoms with van der Waals surface area (Å²) in [6.07, 6.45) is 2.94. The molecule has 1 amide bonds. The molecule has 1 fully saturated rings. The molecule has 4 rings (SSSR count). The van der Waals surface area contributed by atoms with Crippen LogP contribution in [0.3, 0.4) is 0 Å². The molecule has 1 aromatic carbocycles. The number of amides is 1. The summed E-state index contributed by atoms with van der Waals surface area (Å²) >= 11 is 1.65. The van der Waals surface area contributed by atoms with Crippen molar-refractivity contribution >= 4 is 28.3 Å². The smallest absolute Gasteiger partial charge is 0.263 e. The zero-order valence-corrected chi connectivity index (χ0v) is 15.5. The molecule has 0 radical (unpaired) electrons. The number of carbonyl (C=O) groups excluding carboxylic acids is 1. The van der Waals surface area contributed by atoms with Crippen molar-refractivity contribution in [3.05, 3.63) is 51.5 Å². The number of aryl methyl sites for hydroxylation is 2. The van der Waals surface area contributed by atoms with E-state index in [0.717, 1.165) is 54.1 Å². The zero-order chi connectivity index (χ0) is 17.4. The Morgan fingerprint density at radius 1 is 1.32 bits per heavy atom. The number of imidazole rings is 1. The fraction of sp³-hybridized carbons (Fsp3) is 0.400. The first-order chi connectivity index (χ1) is 12.2. The minimum atomic E-state index is 0.191. The van der Waals surface area contributed by atoms with Crippen LogP contribution in [0.2, 0.25) is 0 Å². The van der Waals surface area contributed by atoms with Crippen molar-refractivity contribution < 1.29 is 4.79 Å². The first-order valence-corrected chi connectivity index (χ1v) is 9.80. The fourth-order valence-corrected chi connectivity index (χ4v) is 4.74. The van der Waals surface area contributed by atoms with Crippen LogP contribution in [0.1, 0.15) is 51.6 Å². The van der Waals surface area contributed by atoms with E-state index in [1.54, 1.807) is 11.3 Å². The number of H-pyrrole nitrogens is 1. The third kappa shape index (κ3) is 3.09. The Hall–Kier alpha value is -2.14. The van der Waals surface area contributed by atoms with Crippen LogP contribution in [0, 0.1) is 6.92 Å². The van der Waals surface area contributed by atoms with Crippen LogP contribution in [-0.4, -0.2) is 33.9 Å². The molecular weight excluding hydrogens is 330 g/mol. The van der Waals surface area contributed by atoms with Gasteiger partial charge in [0.1, 0.15) is 5.82 Å². The van der Waals surface area contributed by atoms with Crippen LogP contribution in [0.4, 0.5) is 0 Å².